The van der Waals surface area contributed by atoms with Gasteiger partial charge in [0.15, 0.2) is 0 Å². The number of rotatable bonds is 0. The fourth-order valence-electron chi connectivity index (χ4n) is 1.99. The Morgan fingerprint density at radius 2 is 0.917 bits per heavy atom. The van der Waals surface area contributed by atoms with Crippen LogP contribution in [0.15, 0.2) is 11.1 Å². The van der Waals surface area contributed by atoms with E-state index in [0.29, 0.717) is 19.3 Å². The lowest BCUT2D eigenvalue weighted by molar-refractivity contribution is 0.827. The molecule has 0 aromatic rings. The van der Waals surface area contributed by atoms with E-state index < -0.39 is 0 Å². The number of hydrogen-bond donors (Lipinski definition) is 0. The highest BCUT2D eigenvalue weighted by Crippen LogP contribution is 2.50. The van der Waals surface area contributed by atoms with Crippen LogP contribution in [0.1, 0.15) is 12.8 Å². The van der Waals surface area contributed by atoms with E-state index in [9.17, 15) is 0 Å². The average molecular weight is 424 g/mol. The van der Waals surface area contributed by atoms with E-state index in [1.807, 2.05) is 0 Å². The van der Waals surface area contributed by atoms with Gasteiger partial charge < -0.3 is 0 Å². The summed E-state index contributed by atoms with van der Waals surface area (Å²) in [4.78, 5) is 2.29. The Bertz CT molecular complexity index is 191. The summed E-state index contributed by atoms with van der Waals surface area (Å²) in [7, 11) is 0. The molecule has 0 saturated carbocycles. The predicted molar refractivity (Wildman–Crippen MR) is 67.1 cm³/mol. The van der Waals surface area contributed by atoms with Gasteiger partial charge in [0.05, 0.1) is 0 Å². The molecule has 0 aliphatic heterocycles. The number of allylic oxidation sites excluding steroid dienone is 2. The number of halogens is 4. The molecule has 0 amide bonds. The summed E-state index contributed by atoms with van der Waals surface area (Å²) in [6.07, 6.45) is 2.38. The van der Waals surface area contributed by atoms with Crippen LogP contribution in [-0.2, 0) is 0 Å². The minimum Gasteiger partial charge on any atom is -0.0841 e. The van der Waals surface area contributed by atoms with E-state index in [1.165, 1.54) is 12.8 Å². The van der Waals surface area contributed by atoms with Crippen molar-refractivity contribution in [3.05, 3.63) is 11.1 Å². The zero-order chi connectivity index (χ0) is 8.88. The summed E-state index contributed by atoms with van der Waals surface area (Å²) >= 11 is 14.9. The SMILES string of the molecule is Br[C@H]1C[C@H](Br)C2=C1[C@@H](Br)C[C@@H]2Br. The van der Waals surface area contributed by atoms with Gasteiger partial charge in [0.2, 0.25) is 0 Å². The van der Waals surface area contributed by atoms with Crippen LogP contribution in [0.2, 0.25) is 0 Å². The molecular formula is C8H8Br4. The van der Waals surface area contributed by atoms with Crippen LogP contribution in [0.3, 0.4) is 0 Å². The van der Waals surface area contributed by atoms with Crippen LogP contribution in [0.4, 0.5) is 0 Å². The molecule has 0 radical (unpaired) electrons. The van der Waals surface area contributed by atoms with E-state index >= 15 is 0 Å². The molecular weight excluding hydrogens is 416 g/mol. The van der Waals surface area contributed by atoms with Crippen LogP contribution in [0.5, 0.6) is 0 Å². The Morgan fingerprint density at radius 3 is 1.17 bits per heavy atom. The summed E-state index contributed by atoms with van der Waals surface area (Å²) in [6.45, 7) is 0. The van der Waals surface area contributed by atoms with Gasteiger partial charge in [0.25, 0.3) is 0 Å². The first-order valence-electron chi connectivity index (χ1n) is 3.91. The first kappa shape index (κ1) is 10.2. The van der Waals surface area contributed by atoms with Gasteiger partial charge in [-0.3, -0.25) is 0 Å². The minimum atomic E-state index is 0.573. The largest absolute Gasteiger partial charge is 0.0841 e. The highest BCUT2D eigenvalue weighted by Gasteiger charge is 2.42. The van der Waals surface area contributed by atoms with Gasteiger partial charge in [-0.15, -0.1) is 0 Å². The molecule has 68 valence electrons. The normalized spacial score (nSPS) is 47.0. The maximum absolute atomic E-state index is 3.71. The Morgan fingerprint density at radius 1 is 0.667 bits per heavy atom. The van der Waals surface area contributed by atoms with Gasteiger partial charge in [-0.05, 0) is 24.0 Å². The van der Waals surface area contributed by atoms with Crippen LogP contribution in [0, 0.1) is 0 Å². The van der Waals surface area contributed by atoms with Crippen molar-refractivity contribution in [3.8, 4) is 0 Å². The minimum absolute atomic E-state index is 0.573. The van der Waals surface area contributed by atoms with E-state index in [1.54, 1.807) is 11.1 Å². The van der Waals surface area contributed by atoms with Crippen molar-refractivity contribution < 1.29 is 0 Å². The molecule has 0 spiro atoms. The second-order valence-corrected chi connectivity index (χ2v) is 7.67. The van der Waals surface area contributed by atoms with Crippen molar-refractivity contribution in [1.82, 2.24) is 0 Å². The maximum atomic E-state index is 3.71. The highest BCUT2D eigenvalue weighted by molar-refractivity contribution is 9.11. The molecule has 4 heteroatoms. The maximum Gasteiger partial charge on any atom is 0.0382 e. The summed E-state index contributed by atoms with van der Waals surface area (Å²) in [5, 5.41) is 0. The van der Waals surface area contributed by atoms with Crippen LogP contribution in [-0.4, -0.2) is 19.3 Å². The van der Waals surface area contributed by atoms with Gasteiger partial charge in [-0.1, -0.05) is 63.7 Å². The fraction of sp³-hybridized carbons (Fsp3) is 0.750. The van der Waals surface area contributed by atoms with Crippen LogP contribution in [0.25, 0.3) is 0 Å². The molecule has 0 heterocycles. The van der Waals surface area contributed by atoms with Gasteiger partial charge in [-0.25, -0.2) is 0 Å². The Labute approximate surface area is 106 Å². The average Bonchev–Trinajstić information content (AvgIpc) is 2.38. The molecule has 2 aliphatic carbocycles. The molecule has 0 bridgehead atoms. The molecule has 0 nitrogen and oxygen atoms in total. The number of alkyl halides is 4. The van der Waals surface area contributed by atoms with Gasteiger partial charge in [-0.2, -0.15) is 0 Å². The first-order chi connectivity index (χ1) is 5.61. The van der Waals surface area contributed by atoms with Crippen molar-refractivity contribution in [2.75, 3.05) is 0 Å². The molecule has 0 saturated heterocycles. The highest BCUT2D eigenvalue weighted by atomic mass is 79.9. The van der Waals surface area contributed by atoms with Crippen LogP contribution >= 0.6 is 63.7 Å². The monoisotopic (exact) mass is 420 g/mol. The molecule has 0 aromatic carbocycles. The van der Waals surface area contributed by atoms with E-state index in [2.05, 4.69) is 63.7 Å². The Balaban J connectivity index is 2.36. The van der Waals surface area contributed by atoms with Crippen molar-refractivity contribution in [2.45, 2.75) is 32.2 Å². The molecule has 4 atom stereocenters. The first-order valence-corrected chi connectivity index (χ1v) is 7.57. The fourth-order valence-corrected chi connectivity index (χ4v) is 7.53. The molecule has 0 fully saturated rings. The number of hydrogen-bond acceptors (Lipinski definition) is 0. The molecule has 2 aliphatic rings. The molecule has 12 heavy (non-hydrogen) atoms. The lowest BCUT2D eigenvalue weighted by Gasteiger charge is -2.12. The molecule has 0 unspecified atom stereocenters. The quantitative estimate of drug-likeness (QED) is 0.406. The van der Waals surface area contributed by atoms with E-state index in [-0.39, 0.29) is 0 Å². The molecule has 0 N–H and O–H groups in total. The zero-order valence-electron chi connectivity index (χ0n) is 6.24. The second-order valence-electron chi connectivity index (χ2n) is 3.25. The van der Waals surface area contributed by atoms with Crippen LogP contribution < -0.4 is 0 Å². The molecule has 2 rings (SSSR count). The van der Waals surface area contributed by atoms with Gasteiger partial charge >= 0.3 is 0 Å². The predicted octanol–water partition coefficient (Wildman–Crippen LogP) is 4.14. The zero-order valence-corrected chi connectivity index (χ0v) is 12.6. The smallest absolute Gasteiger partial charge is 0.0382 e. The summed E-state index contributed by atoms with van der Waals surface area (Å²) in [5.41, 5.74) is 3.14. The third-order valence-corrected chi connectivity index (χ3v) is 5.98. The molecule has 0 aromatic heterocycles. The van der Waals surface area contributed by atoms with Gasteiger partial charge in [0, 0.05) is 19.3 Å². The summed E-state index contributed by atoms with van der Waals surface area (Å²) < 4.78 is 0. The van der Waals surface area contributed by atoms with Crippen molar-refractivity contribution in [2.24, 2.45) is 0 Å². The van der Waals surface area contributed by atoms with E-state index in [0.717, 1.165) is 0 Å². The second kappa shape index (κ2) is 3.67. The summed E-state index contributed by atoms with van der Waals surface area (Å²) in [6, 6.07) is 0. The van der Waals surface area contributed by atoms with Crippen molar-refractivity contribution in [3.63, 3.8) is 0 Å². The Kier molecular flexibility index (Phi) is 3.11. The standard InChI is InChI=1S/C8H8Br4/c9-3-1-4(10)8-6(12)2-5(11)7(3)8/h3-6H,1-2H2/t3-,4-,5-,6-/m0/s1. The summed E-state index contributed by atoms with van der Waals surface area (Å²) in [5.74, 6) is 0. The lowest BCUT2D eigenvalue weighted by atomic mass is 10.1. The topological polar surface area (TPSA) is 0 Å². The third-order valence-electron chi connectivity index (χ3n) is 2.51. The van der Waals surface area contributed by atoms with Crippen molar-refractivity contribution >= 4 is 63.7 Å². The van der Waals surface area contributed by atoms with E-state index in [4.69, 9.17) is 0 Å². The lowest BCUT2D eigenvalue weighted by Crippen LogP contribution is -2.11. The van der Waals surface area contributed by atoms with Crippen molar-refractivity contribution in [1.29, 1.82) is 0 Å². The van der Waals surface area contributed by atoms with Gasteiger partial charge in [0.1, 0.15) is 0 Å². The third kappa shape index (κ3) is 1.51. The Hall–Kier alpha value is 1.66.